The Bertz CT molecular complexity index is 686. The fourth-order valence-corrected chi connectivity index (χ4v) is 2.35. The Morgan fingerprint density at radius 2 is 1.95 bits per heavy atom. The first-order valence-corrected chi connectivity index (χ1v) is 7.90. The van der Waals surface area contributed by atoms with Crippen molar-refractivity contribution in [2.24, 2.45) is 4.99 Å². The van der Waals surface area contributed by atoms with Gasteiger partial charge in [-0.1, -0.05) is 18.2 Å². The van der Waals surface area contributed by atoms with Crippen LogP contribution in [0.5, 0.6) is 5.75 Å². The lowest BCUT2D eigenvalue weighted by Crippen LogP contribution is -2.06. The molecule has 0 fully saturated rings. The van der Waals surface area contributed by atoms with Gasteiger partial charge in [0.15, 0.2) is 17.3 Å². The molecule has 22 heavy (non-hydrogen) atoms. The zero-order valence-electron chi connectivity index (χ0n) is 12.4. The molecular formula is C17H16FNO2S. The van der Waals surface area contributed by atoms with Crippen molar-refractivity contribution in [1.82, 2.24) is 0 Å². The summed E-state index contributed by atoms with van der Waals surface area (Å²) < 4.78 is 18.3. The number of aliphatic imine (C=N–C) groups is 1. The number of para-hydroxylation sites is 1. The lowest BCUT2D eigenvalue weighted by molar-refractivity contribution is 0.100. The van der Waals surface area contributed by atoms with Crippen LogP contribution < -0.4 is 4.74 Å². The van der Waals surface area contributed by atoms with Crippen molar-refractivity contribution in [1.29, 1.82) is 0 Å². The van der Waals surface area contributed by atoms with E-state index in [2.05, 4.69) is 4.99 Å². The van der Waals surface area contributed by atoms with Crippen molar-refractivity contribution in [2.75, 3.05) is 13.4 Å². The zero-order chi connectivity index (χ0) is 15.9. The number of Topliss-reactive ketones (excluding diaryl/α,β-unsaturated/α-hetero) is 1. The van der Waals surface area contributed by atoms with Gasteiger partial charge in [-0.05, 0) is 36.6 Å². The van der Waals surface area contributed by atoms with Gasteiger partial charge in [0, 0.05) is 5.56 Å². The van der Waals surface area contributed by atoms with E-state index in [0.717, 1.165) is 5.69 Å². The van der Waals surface area contributed by atoms with Gasteiger partial charge in [-0.2, -0.15) is 0 Å². The van der Waals surface area contributed by atoms with Gasteiger partial charge in [-0.25, -0.2) is 9.38 Å². The van der Waals surface area contributed by atoms with Crippen LogP contribution in [-0.2, 0) is 0 Å². The van der Waals surface area contributed by atoms with E-state index in [9.17, 15) is 9.18 Å². The highest BCUT2D eigenvalue weighted by atomic mass is 32.2. The minimum Gasteiger partial charge on any atom is -0.494 e. The van der Waals surface area contributed by atoms with Crippen molar-refractivity contribution >= 4 is 28.3 Å². The van der Waals surface area contributed by atoms with Crippen molar-refractivity contribution in [2.45, 2.75) is 6.42 Å². The van der Waals surface area contributed by atoms with Crippen molar-refractivity contribution < 1.29 is 13.9 Å². The number of hydrogen-bond donors (Lipinski definition) is 0. The SMILES string of the molecule is COc1cc(C(=O)CC(=Nc2ccccc2)SC)ccc1F. The van der Waals surface area contributed by atoms with E-state index in [4.69, 9.17) is 4.74 Å². The maximum absolute atomic E-state index is 13.4. The van der Waals surface area contributed by atoms with Gasteiger partial charge in [0.2, 0.25) is 0 Å². The third-order valence-corrected chi connectivity index (χ3v) is 3.74. The summed E-state index contributed by atoms with van der Waals surface area (Å²) >= 11 is 1.42. The number of carbonyl (C=O) groups excluding carboxylic acids is 1. The van der Waals surface area contributed by atoms with Crippen molar-refractivity contribution in [3.63, 3.8) is 0 Å². The van der Waals surface area contributed by atoms with Crippen LogP contribution >= 0.6 is 11.8 Å². The molecule has 0 radical (unpaired) electrons. The van der Waals surface area contributed by atoms with E-state index < -0.39 is 5.82 Å². The van der Waals surface area contributed by atoms with Crippen LogP contribution in [0.4, 0.5) is 10.1 Å². The smallest absolute Gasteiger partial charge is 0.169 e. The van der Waals surface area contributed by atoms with Crippen molar-refractivity contribution in [3.8, 4) is 5.75 Å². The normalized spacial score (nSPS) is 11.3. The molecule has 0 aliphatic heterocycles. The monoisotopic (exact) mass is 317 g/mol. The second-order valence-electron chi connectivity index (χ2n) is 4.49. The molecule has 0 aliphatic rings. The highest BCUT2D eigenvalue weighted by Gasteiger charge is 2.13. The molecule has 0 aromatic heterocycles. The third kappa shape index (κ3) is 4.18. The van der Waals surface area contributed by atoms with Gasteiger partial charge < -0.3 is 4.74 Å². The molecular weight excluding hydrogens is 301 g/mol. The molecule has 0 amide bonds. The number of methoxy groups -OCH3 is 1. The molecule has 0 bridgehead atoms. The van der Waals surface area contributed by atoms with E-state index >= 15 is 0 Å². The molecule has 0 heterocycles. The first-order chi connectivity index (χ1) is 10.6. The Morgan fingerprint density at radius 1 is 1.23 bits per heavy atom. The molecule has 0 unspecified atom stereocenters. The first kappa shape index (κ1) is 16.2. The highest BCUT2D eigenvalue weighted by Crippen LogP contribution is 2.21. The number of ketones is 1. The number of ether oxygens (including phenoxy) is 1. The standard InChI is InChI=1S/C17H16FNO2S/c1-21-16-10-12(8-9-14(16)18)15(20)11-17(22-2)19-13-6-4-3-5-7-13/h3-10H,11H2,1-2H3. The minimum atomic E-state index is -0.484. The molecule has 0 aliphatic carbocycles. The Balaban J connectivity index is 2.17. The molecule has 0 spiro atoms. The maximum Gasteiger partial charge on any atom is 0.169 e. The summed E-state index contributed by atoms with van der Waals surface area (Å²) in [5.74, 6) is -0.541. The second kappa shape index (κ2) is 7.75. The predicted molar refractivity (Wildman–Crippen MR) is 89.0 cm³/mol. The third-order valence-electron chi connectivity index (χ3n) is 3.03. The zero-order valence-corrected chi connectivity index (χ0v) is 13.2. The number of halogens is 1. The summed E-state index contributed by atoms with van der Waals surface area (Å²) in [6, 6.07) is 13.6. The maximum atomic E-state index is 13.4. The Morgan fingerprint density at radius 3 is 2.59 bits per heavy atom. The number of rotatable bonds is 5. The van der Waals surface area contributed by atoms with Crippen LogP contribution in [0.25, 0.3) is 0 Å². The Labute approximate surface area is 133 Å². The van der Waals surface area contributed by atoms with Crippen LogP contribution in [0, 0.1) is 5.82 Å². The van der Waals surface area contributed by atoms with E-state index in [1.807, 2.05) is 36.6 Å². The highest BCUT2D eigenvalue weighted by molar-refractivity contribution is 8.13. The second-order valence-corrected chi connectivity index (χ2v) is 5.37. The van der Waals surface area contributed by atoms with Gasteiger partial charge in [0.05, 0.1) is 24.3 Å². The number of nitrogens with zero attached hydrogens (tertiary/aromatic N) is 1. The first-order valence-electron chi connectivity index (χ1n) is 6.67. The molecule has 2 rings (SSSR count). The average Bonchev–Trinajstić information content (AvgIpc) is 2.55. The van der Waals surface area contributed by atoms with Crippen LogP contribution in [0.1, 0.15) is 16.8 Å². The van der Waals surface area contributed by atoms with Crippen LogP contribution in [0.15, 0.2) is 53.5 Å². The Hall–Kier alpha value is -2.14. The molecule has 114 valence electrons. The minimum absolute atomic E-state index is 0.0662. The average molecular weight is 317 g/mol. The van der Waals surface area contributed by atoms with Crippen molar-refractivity contribution in [3.05, 3.63) is 59.9 Å². The van der Waals surface area contributed by atoms with Crippen LogP contribution in [0.3, 0.4) is 0 Å². The van der Waals surface area contributed by atoms with Crippen LogP contribution in [-0.4, -0.2) is 24.2 Å². The summed E-state index contributed by atoms with van der Waals surface area (Å²) in [5.41, 5.74) is 1.21. The summed E-state index contributed by atoms with van der Waals surface area (Å²) in [4.78, 5) is 16.8. The van der Waals surface area contributed by atoms with E-state index in [1.165, 1.54) is 37.1 Å². The number of hydrogen-bond acceptors (Lipinski definition) is 4. The van der Waals surface area contributed by atoms with E-state index in [1.54, 1.807) is 0 Å². The lowest BCUT2D eigenvalue weighted by Gasteiger charge is -2.06. The fraction of sp³-hybridized carbons (Fsp3) is 0.176. The van der Waals surface area contributed by atoms with Gasteiger partial charge in [0.1, 0.15) is 0 Å². The summed E-state index contributed by atoms with van der Waals surface area (Å²) in [5, 5.41) is 0.708. The van der Waals surface area contributed by atoms with Gasteiger partial charge in [-0.15, -0.1) is 11.8 Å². The predicted octanol–water partition coefficient (Wildman–Crippen LogP) is 4.50. The number of thioether (sulfide) groups is 1. The molecule has 0 saturated heterocycles. The lowest BCUT2D eigenvalue weighted by atomic mass is 10.1. The molecule has 5 heteroatoms. The van der Waals surface area contributed by atoms with E-state index in [0.29, 0.717) is 10.6 Å². The molecule has 0 N–H and O–H groups in total. The van der Waals surface area contributed by atoms with Crippen LogP contribution in [0.2, 0.25) is 0 Å². The molecule has 0 atom stereocenters. The Kier molecular flexibility index (Phi) is 5.72. The van der Waals surface area contributed by atoms with Gasteiger partial charge in [0.25, 0.3) is 0 Å². The number of benzene rings is 2. The van der Waals surface area contributed by atoms with Gasteiger partial charge >= 0.3 is 0 Å². The van der Waals surface area contributed by atoms with E-state index in [-0.39, 0.29) is 18.0 Å². The van der Waals surface area contributed by atoms with Gasteiger partial charge in [-0.3, -0.25) is 4.79 Å². The molecule has 2 aromatic carbocycles. The molecule has 2 aromatic rings. The fourth-order valence-electron chi connectivity index (χ4n) is 1.88. The largest absolute Gasteiger partial charge is 0.494 e. The number of carbonyl (C=O) groups is 1. The summed E-state index contributed by atoms with van der Waals surface area (Å²) in [6.45, 7) is 0. The summed E-state index contributed by atoms with van der Waals surface area (Å²) in [7, 11) is 1.37. The molecule has 3 nitrogen and oxygen atoms in total. The topological polar surface area (TPSA) is 38.7 Å². The molecule has 0 saturated carbocycles. The summed E-state index contributed by atoms with van der Waals surface area (Å²) in [6.07, 6.45) is 2.05. The quantitative estimate of drug-likeness (QED) is 0.463.